The van der Waals surface area contributed by atoms with Gasteiger partial charge in [0, 0.05) is 11.1 Å². The molecule has 0 fully saturated rings. The van der Waals surface area contributed by atoms with E-state index >= 15 is 0 Å². The molecule has 1 rings (SSSR count). The Kier molecular flexibility index (Phi) is 3.63. The van der Waals surface area contributed by atoms with Crippen LogP contribution in [0.2, 0.25) is 5.02 Å². The van der Waals surface area contributed by atoms with E-state index in [0.29, 0.717) is 11.1 Å². The molecule has 1 aromatic rings. The number of ether oxygens (including phenoxy) is 1. The summed E-state index contributed by atoms with van der Waals surface area (Å²) in [5, 5.41) is 0.0674. The maximum absolute atomic E-state index is 12.0. The van der Waals surface area contributed by atoms with E-state index in [1.54, 1.807) is 0 Å². The Morgan fingerprint density at radius 3 is 2.53 bits per heavy atom. The number of carbonyl (C=O) groups is 1. The number of Topliss-reactive ketones (excluding diaryl/α,β-unsaturated/α-hetero) is 1. The molecule has 0 unspecified atom stereocenters. The number of ketones is 1. The van der Waals surface area contributed by atoms with Crippen molar-refractivity contribution in [3.05, 3.63) is 28.3 Å². The van der Waals surface area contributed by atoms with Crippen molar-refractivity contribution in [2.75, 3.05) is 0 Å². The highest BCUT2D eigenvalue weighted by Crippen LogP contribution is 2.32. The molecule has 0 amide bonds. The van der Waals surface area contributed by atoms with Crippen molar-refractivity contribution in [3.63, 3.8) is 0 Å². The molecule has 0 bridgehead atoms. The Labute approximate surface area is 90.8 Å². The van der Waals surface area contributed by atoms with Gasteiger partial charge in [0.25, 0.3) is 0 Å². The van der Waals surface area contributed by atoms with Crippen LogP contribution in [0.3, 0.4) is 0 Å². The summed E-state index contributed by atoms with van der Waals surface area (Å²) in [5.41, 5.74) is 0.658. The van der Waals surface area contributed by atoms with Gasteiger partial charge < -0.3 is 4.74 Å². The van der Waals surface area contributed by atoms with Crippen LogP contribution in [-0.4, -0.2) is 12.4 Å². The fraction of sp³-hybridized carbons (Fsp3) is 0.300. The molecule has 0 aliphatic heterocycles. The molecule has 1 aromatic carbocycles. The SMILES string of the molecule is CC(=O)c1ccc(Cl)c(OC(F)F)c1C. The average Bonchev–Trinajstić information content (AvgIpc) is 2.11. The summed E-state index contributed by atoms with van der Waals surface area (Å²) in [6.07, 6.45) is 0. The van der Waals surface area contributed by atoms with E-state index in [2.05, 4.69) is 4.74 Å². The van der Waals surface area contributed by atoms with E-state index < -0.39 is 6.61 Å². The molecule has 15 heavy (non-hydrogen) atoms. The van der Waals surface area contributed by atoms with Crippen LogP contribution in [0.1, 0.15) is 22.8 Å². The number of hydrogen-bond acceptors (Lipinski definition) is 2. The lowest BCUT2D eigenvalue weighted by Crippen LogP contribution is -2.06. The summed E-state index contributed by atoms with van der Waals surface area (Å²) in [5.74, 6) is -0.359. The van der Waals surface area contributed by atoms with Crippen LogP contribution in [0.5, 0.6) is 5.75 Å². The third kappa shape index (κ3) is 2.65. The zero-order valence-electron chi connectivity index (χ0n) is 8.18. The van der Waals surface area contributed by atoms with Gasteiger partial charge >= 0.3 is 6.61 Å². The Bertz CT molecular complexity index is 391. The fourth-order valence-corrected chi connectivity index (χ4v) is 1.52. The Balaban J connectivity index is 3.24. The van der Waals surface area contributed by atoms with E-state index in [9.17, 15) is 13.6 Å². The maximum atomic E-state index is 12.0. The van der Waals surface area contributed by atoms with Crippen LogP contribution in [0.25, 0.3) is 0 Å². The summed E-state index contributed by atoms with van der Waals surface area (Å²) >= 11 is 5.68. The Hall–Kier alpha value is -1.16. The standard InChI is InChI=1S/C10H9ClF2O2/c1-5-7(6(2)14)3-4-8(11)9(5)15-10(12)13/h3-4,10H,1-2H3. The average molecular weight is 235 g/mol. The number of halogens is 3. The molecule has 0 saturated heterocycles. The normalized spacial score (nSPS) is 10.5. The van der Waals surface area contributed by atoms with Gasteiger partial charge in [-0.25, -0.2) is 0 Å². The second kappa shape index (κ2) is 4.57. The van der Waals surface area contributed by atoms with Gasteiger partial charge in [-0.3, -0.25) is 4.79 Å². The molecule has 0 atom stereocenters. The summed E-state index contributed by atoms with van der Waals surface area (Å²) in [6.45, 7) is -0.0914. The molecular formula is C10H9ClF2O2. The molecule has 82 valence electrons. The molecule has 0 N–H and O–H groups in total. The van der Waals surface area contributed by atoms with E-state index in [1.807, 2.05) is 0 Å². The third-order valence-electron chi connectivity index (χ3n) is 1.94. The Morgan fingerprint density at radius 2 is 2.07 bits per heavy atom. The molecular weight excluding hydrogens is 226 g/mol. The minimum absolute atomic E-state index is 0.0674. The number of rotatable bonds is 3. The first kappa shape index (κ1) is 11.9. The minimum Gasteiger partial charge on any atom is -0.433 e. The molecule has 5 heteroatoms. The van der Waals surface area contributed by atoms with E-state index in [-0.39, 0.29) is 16.6 Å². The second-order valence-electron chi connectivity index (χ2n) is 2.98. The lowest BCUT2D eigenvalue weighted by molar-refractivity contribution is -0.0502. The van der Waals surface area contributed by atoms with Gasteiger partial charge in [0.1, 0.15) is 5.75 Å². The number of benzene rings is 1. The smallest absolute Gasteiger partial charge is 0.387 e. The maximum Gasteiger partial charge on any atom is 0.387 e. The number of hydrogen-bond donors (Lipinski definition) is 0. The zero-order chi connectivity index (χ0) is 11.6. The van der Waals surface area contributed by atoms with Crippen molar-refractivity contribution in [3.8, 4) is 5.75 Å². The van der Waals surface area contributed by atoms with E-state index in [0.717, 1.165) is 0 Å². The van der Waals surface area contributed by atoms with Gasteiger partial charge in [-0.2, -0.15) is 8.78 Å². The number of alkyl halides is 2. The highest BCUT2D eigenvalue weighted by atomic mass is 35.5. The minimum atomic E-state index is -2.96. The lowest BCUT2D eigenvalue weighted by atomic mass is 10.0. The van der Waals surface area contributed by atoms with Crippen LogP contribution >= 0.6 is 11.6 Å². The zero-order valence-corrected chi connectivity index (χ0v) is 8.94. The van der Waals surface area contributed by atoms with Crippen LogP contribution in [0, 0.1) is 6.92 Å². The van der Waals surface area contributed by atoms with Crippen molar-refractivity contribution >= 4 is 17.4 Å². The van der Waals surface area contributed by atoms with Crippen molar-refractivity contribution in [2.24, 2.45) is 0 Å². The van der Waals surface area contributed by atoms with Crippen molar-refractivity contribution in [2.45, 2.75) is 20.5 Å². The van der Waals surface area contributed by atoms with Gasteiger partial charge in [-0.1, -0.05) is 11.6 Å². The Morgan fingerprint density at radius 1 is 1.47 bits per heavy atom. The fourth-order valence-electron chi connectivity index (χ4n) is 1.27. The largest absolute Gasteiger partial charge is 0.433 e. The monoisotopic (exact) mass is 234 g/mol. The summed E-state index contributed by atoms with van der Waals surface area (Å²) in [6, 6.07) is 2.85. The first-order chi connectivity index (χ1) is 6.93. The lowest BCUT2D eigenvalue weighted by Gasteiger charge is -2.12. The molecule has 0 aromatic heterocycles. The van der Waals surface area contributed by atoms with E-state index in [1.165, 1.54) is 26.0 Å². The van der Waals surface area contributed by atoms with Gasteiger partial charge in [-0.05, 0) is 26.0 Å². The van der Waals surface area contributed by atoms with E-state index in [4.69, 9.17) is 11.6 Å². The molecule has 0 radical (unpaired) electrons. The quantitative estimate of drug-likeness (QED) is 0.749. The molecule has 0 heterocycles. The summed E-state index contributed by atoms with van der Waals surface area (Å²) in [4.78, 5) is 11.1. The summed E-state index contributed by atoms with van der Waals surface area (Å²) < 4.78 is 28.3. The highest BCUT2D eigenvalue weighted by Gasteiger charge is 2.15. The number of carbonyl (C=O) groups excluding carboxylic acids is 1. The van der Waals surface area contributed by atoms with Crippen molar-refractivity contribution in [1.29, 1.82) is 0 Å². The molecule has 2 nitrogen and oxygen atoms in total. The molecule has 0 aliphatic rings. The van der Waals surface area contributed by atoms with Crippen LogP contribution in [-0.2, 0) is 0 Å². The molecule has 0 aliphatic carbocycles. The van der Waals surface area contributed by atoms with Crippen LogP contribution < -0.4 is 4.74 Å². The topological polar surface area (TPSA) is 26.3 Å². The first-order valence-corrected chi connectivity index (χ1v) is 4.56. The third-order valence-corrected chi connectivity index (χ3v) is 2.24. The van der Waals surface area contributed by atoms with Gasteiger partial charge in [-0.15, -0.1) is 0 Å². The second-order valence-corrected chi connectivity index (χ2v) is 3.39. The predicted molar refractivity (Wildman–Crippen MR) is 52.8 cm³/mol. The van der Waals surface area contributed by atoms with Crippen LogP contribution in [0.4, 0.5) is 8.78 Å². The van der Waals surface area contributed by atoms with Crippen molar-refractivity contribution in [1.82, 2.24) is 0 Å². The summed E-state index contributed by atoms with van der Waals surface area (Å²) in [7, 11) is 0. The van der Waals surface area contributed by atoms with Gasteiger partial charge in [0.2, 0.25) is 0 Å². The predicted octanol–water partition coefficient (Wildman–Crippen LogP) is 3.45. The molecule has 0 saturated carbocycles. The van der Waals surface area contributed by atoms with Gasteiger partial charge in [0.15, 0.2) is 5.78 Å². The van der Waals surface area contributed by atoms with Gasteiger partial charge in [0.05, 0.1) is 5.02 Å². The van der Waals surface area contributed by atoms with Crippen molar-refractivity contribution < 1.29 is 18.3 Å². The molecule has 0 spiro atoms. The highest BCUT2D eigenvalue weighted by molar-refractivity contribution is 6.32. The van der Waals surface area contributed by atoms with Crippen LogP contribution in [0.15, 0.2) is 12.1 Å². The first-order valence-electron chi connectivity index (χ1n) is 4.18.